The molecule has 3 aromatic rings. The van der Waals surface area contributed by atoms with E-state index in [2.05, 4.69) is 16.4 Å². The summed E-state index contributed by atoms with van der Waals surface area (Å²) in [5, 5.41) is 14.0. The highest BCUT2D eigenvalue weighted by molar-refractivity contribution is 7.15. The van der Waals surface area contributed by atoms with Gasteiger partial charge in [0.2, 0.25) is 0 Å². The Kier molecular flexibility index (Phi) is 4.85. The lowest BCUT2D eigenvalue weighted by molar-refractivity contribution is -0.384. The molecule has 6 nitrogen and oxygen atoms in total. The van der Waals surface area contributed by atoms with Gasteiger partial charge in [-0.05, 0) is 18.6 Å². The van der Waals surface area contributed by atoms with Crippen LogP contribution in [0, 0.1) is 17.0 Å². The number of nitro benzene ring substituents is 1. The van der Waals surface area contributed by atoms with Crippen LogP contribution in [0.4, 0.5) is 10.8 Å². The molecule has 2 aromatic carbocycles. The molecule has 25 heavy (non-hydrogen) atoms. The Bertz CT molecular complexity index is 937. The molecule has 0 aliphatic carbocycles. The monoisotopic (exact) mass is 353 g/mol. The van der Waals surface area contributed by atoms with Crippen molar-refractivity contribution < 1.29 is 9.72 Å². The zero-order valence-corrected chi connectivity index (χ0v) is 14.2. The standard InChI is InChI=1S/C18H15N3O3S/c1-12-4-2-5-13(8-12)9-16-11-19-18(25-16)20-17(22)14-6-3-7-15(10-14)21(23)24/h2-8,10-11H,9H2,1H3,(H,19,20,22). The van der Waals surface area contributed by atoms with E-state index in [4.69, 9.17) is 0 Å². The quantitative estimate of drug-likeness (QED) is 0.550. The highest BCUT2D eigenvalue weighted by Gasteiger charge is 2.13. The van der Waals surface area contributed by atoms with Gasteiger partial charge in [0.25, 0.3) is 11.6 Å². The number of aromatic nitrogens is 1. The van der Waals surface area contributed by atoms with Crippen molar-refractivity contribution >= 4 is 28.1 Å². The molecule has 0 aliphatic rings. The normalized spacial score (nSPS) is 10.4. The minimum Gasteiger partial charge on any atom is -0.298 e. The van der Waals surface area contributed by atoms with E-state index in [0.29, 0.717) is 5.13 Å². The van der Waals surface area contributed by atoms with E-state index in [1.165, 1.54) is 46.7 Å². The van der Waals surface area contributed by atoms with Gasteiger partial charge in [-0.15, -0.1) is 11.3 Å². The van der Waals surface area contributed by atoms with Crippen molar-refractivity contribution in [2.45, 2.75) is 13.3 Å². The van der Waals surface area contributed by atoms with Crippen LogP contribution >= 0.6 is 11.3 Å². The summed E-state index contributed by atoms with van der Waals surface area (Å²) in [5.41, 5.74) is 2.48. The van der Waals surface area contributed by atoms with Crippen molar-refractivity contribution in [1.82, 2.24) is 4.98 Å². The number of anilines is 1. The fourth-order valence-corrected chi connectivity index (χ4v) is 3.24. The van der Waals surface area contributed by atoms with Crippen LogP contribution in [0.15, 0.2) is 54.7 Å². The maximum atomic E-state index is 12.2. The molecule has 1 aromatic heterocycles. The van der Waals surface area contributed by atoms with Crippen molar-refractivity contribution in [3.8, 4) is 0 Å². The molecule has 3 rings (SSSR count). The van der Waals surface area contributed by atoms with Crippen molar-refractivity contribution in [2.24, 2.45) is 0 Å². The van der Waals surface area contributed by atoms with Gasteiger partial charge in [0.15, 0.2) is 5.13 Å². The van der Waals surface area contributed by atoms with Gasteiger partial charge in [0.05, 0.1) is 4.92 Å². The lowest BCUT2D eigenvalue weighted by Crippen LogP contribution is -2.11. The maximum Gasteiger partial charge on any atom is 0.270 e. The number of nitro groups is 1. The number of rotatable bonds is 5. The van der Waals surface area contributed by atoms with Gasteiger partial charge >= 0.3 is 0 Å². The number of carbonyl (C=O) groups excluding carboxylic acids is 1. The number of benzene rings is 2. The summed E-state index contributed by atoms with van der Waals surface area (Å²) >= 11 is 1.39. The molecule has 0 fully saturated rings. The number of nitrogens with zero attached hydrogens (tertiary/aromatic N) is 2. The average molecular weight is 353 g/mol. The summed E-state index contributed by atoms with van der Waals surface area (Å²) < 4.78 is 0. The number of hydrogen-bond donors (Lipinski definition) is 1. The van der Waals surface area contributed by atoms with Crippen LogP contribution in [0.2, 0.25) is 0 Å². The Balaban J connectivity index is 1.69. The average Bonchev–Trinajstić information content (AvgIpc) is 3.02. The first-order chi connectivity index (χ1) is 12.0. The molecule has 0 radical (unpaired) electrons. The summed E-state index contributed by atoms with van der Waals surface area (Å²) in [7, 11) is 0. The highest BCUT2D eigenvalue weighted by Crippen LogP contribution is 2.22. The Labute approximate surface area is 148 Å². The summed E-state index contributed by atoms with van der Waals surface area (Å²) in [4.78, 5) is 27.7. The fourth-order valence-electron chi connectivity index (χ4n) is 2.40. The van der Waals surface area contributed by atoms with E-state index in [1.54, 1.807) is 6.20 Å². The first-order valence-corrected chi connectivity index (χ1v) is 8.39. The Hall–Kier alpha value is -3.06. The molecule has 126 valence electrons. The van der Waals surface area contributed by atoms with Crippen LogP contribution in [0.25, 0.3) is 0 Å². The van der Waals surface area contributed by atoms with Crippen LogP contribution in [-0.2, 0) is 6.42 Å². The predicted molar refractivity (Wildman–Crippen MR) is 97.1 cm³/mol. The molecule has 1 amide bonds. The fraction of sp³-hybridized carbons (Fsp3) is 0.111. The zero-order chi connectivity index (χ0) is 17.8. The Morgan fingerprint density at radius 1 is 1.24 bits per heavy atom. The molecule has 0 saturated heterocycles. The van der Waals surface area contributed by atoms with Gasteiger partial charge in [-0.2, -0.15) is 0 Å². The van der Waals surface area contributed by atoms with Crippen molar-refractivity contribution in [2.75, 3.05) is 5.32 Å². The number of aryl methyl sites for hydroxylation is 1. The topological polar surface area (TPSA) is 85.1 Å². The molecule has 0 atom stereocenters. The number of amides is 1. The second-order valence-corrected chi connectivity index (χ2v) is 6.67. The number of nitrogens with one attached hydrogen (secondary N) is 1. The van der Waals surface area contributed by atoms with Gasteiger partial charge < -0.3 is 0 Å². The van der Waals surface area contributed by atoms with Crippen LogP contribution < -0.4 is 5.32 Å². The summed E-state index contributed by atoms with van der Waals surface area (Å²) in [5.74, 6) is -0.417. The van der Waals surface area contributed by atoms with E-state index >= 15 is 0 Å². The second kappa shape index (κ2) is 7.23. The Morgan fingerprint density at radius 2 is 2.04 bits per heavy atom. The third-order valence-electron chi connectivity index (χ3n) is 3.55. The second-order valence-electron chi connectivity index (χ2n) is 5.56. The van der Waals surface area contributed by atoms with Crippen LogP contribution in [0.5, 0.6) is 0 Å². The van der Waals surface area contributed by atoms with Crippen LogP contribution in [0.3, 0.4) is 0 Å². The smallest absolute Gasteiger partial charge is 0.270 e. The van der Waals surface area contributed by atoms with Crippen LogP contribution in [0.1, 0.15) is 26.4 Å². The first-order valence-electron chi connectivity index (χ1n) is 7.57. The molecule has 0 spiro atoms. The number of thiazole rings is 1. The molecule has 0 bridgehead atoms. The van der Waals surface area contributed by atoms with Crippen molar-refractivity contribution in [3.05, 3.63) is 86.4 Å². The SMILES string of the molecule is Cc1cccc(Cc2cnc(NC(=O)c3cccc([N+](=O)[O-])c3)s2)c1. The van der Waals surface area contributed by atoms with Gasteiger partial charge in [-0.25, -0.2) is 4.98 Å². The molecule has 0 saturated carbocycles. The van der Waals surface area contributed by atoms with Gasteiger partial charge in [0.1, 0.15) is 0 Å². The van der Waals surface area contributed by atoms with Crippen LogP contribution in [-0.4, -0.2) is 15.8 Å². The van der Waals surface area contributed by atoms with Crippen molar-refractivity contribution in [1.29, 1.82) is 0 Å². The minimum absolute atomic E-state index is 0.119. The molecule has 0 aliphatic heterocycles. The maximum absolute atomic E-state index is 12.2. The van der Waals surface area contributed by atoms with Gasteiger partial charge in [-0.1, -0.05) is 35.9 Å². The number of non-ortho nitro benzene ring substituents is 1. The zero-order valence-electron chi connectivity index (χ0n) is 13.4. The van der Waals surface area contributed by atoms with Crippen molar-refractivity contribution in [3.63, 3.8) is 0 Å². The van der Waals surface area contributed by atoms with E-state index < -0.39 is 10.8 Å². The molecule has 7 heteroatoms. The Morgan fingerprint density at radius 3 is 2.80 bits per heavy atom. The molecule has 1 N–H and O–H groups in total. The predicted octanol–water partition coefficient (Wildman–Crippen LogP) is 4.20. The van der Waals surface area contributed by atoms with E-state index in [0.717, 1.165) is 11.3 Å². The largest absolute Gasteiger partial charge is 0.298 e. The van der Waals surface area contributed by atoms with Gasteiger partial charge in [-0.3, -0.25) is 20.2 Å². The third-order valence-corrected chi connectivity index (χ3v) is 4.47. The lowest BCUT2D eigenvalue weighted by atomic mass is 10.1. The van der Waals surface area contributed by atoms with E-state index in [1.807, 2.05) is 25.1 Å². The third kappa shape index (κ3) is 4.27. The summed E-state index contributed by atoms with van der Waals surface area (Å²) in [6.45, 7) is 2.04. The van der Waals surface area contributed by atoms with E-state index in [9.17, 15) is 14.9 Å². The van der Waals surface area contributed by atoms with Gasteiger partial charge in [0, 0.05) is 35.2 Å². The minimum atomic E-state index is -0.528. The van der Waals surface area contributed by atoms with E-state index in [-0.39, 0.29) is 11.3 Å². The highest BCUT2D eigenvalue weighted by atomic mass is 32.1. The number of carbonyl (C=O) groups is 1. The summed E-state index contributed by atoms with van der Waals surface area (Å²) in [6.07, 6.45) is 2.47. The molecule has 0 unspecified atom stereocenters. The first kappa shape index (κ1) is 16.8. The number of hydrogen-bond acceptors (Lipinski definition) is 5. The molecular formula is C18H15N3O3S. The molecular weight excluding hydrogens is 338 g/mol. The lowest BCUT2D eigenvalue weighted by Gasteiger charge is -2.01. The summed E-state index contributed by atoms with van der Waals surface area (Å²) in [6, 6.07) is 13.8. The molecule has 1 heterocycles.